The standard InChI is InChI=1S/C29H44N2O6/c1-17(2)14-24(26(34)35)30-25(33)16-37-31-20-8-11-27(4)19(15-20)6-7-21-22(27)9-12-28(5)23(21)10-13-29(28,36)18(3)32/h15,17,21-24,36H,6-14,16H2,1-5H3,(H,30,33)(H,34,35). The number of oxime groups is 1. The average molecular weight is 517 g/mol. The molecule has 4 aliphatic carbocycles. The maximum absolute atomic E-state index is 12.4. The summed E-state index contributed by atoms with van der Waals surface area (Å²) in [6.45, 7) is 9.58. The number of allylic oxidation sites excluding steroid dienone is 2. The molecule has 37 heavy (non-hydrogen) atoms. The first-order chi connectivity index (χ1) is 17.3. The Morgan fingerprint density at radius 3 is 2.46 bits per heavy atom. The van der Waals surface area contributed by atoms with E-state index in [2.05, 4.69) is 30.4 Å². The molecule has 4 aliphatic rings. The molecule has 0 saturated heterocycles. The average Bonchev–Trinajstić information content (AvgIpc) is 3.10. The first-order valence-electron chi connectivity index (χ1n) is 14.0. The Morgan fingerprint density at radius 1 is 1.11 bits per heavy atom. The summed E-state index contributed by atoms with van der Waals surface area (Å²) in [4.78, 5) is 41.3. The normalized spacial score (nSPS) is 38.7. The summed E-state index contributed by atoms with van der Waals surface area (Å²) in [5, 5.41) is 27.4. The molecule has 8 heteroatoms. The highest BCUT2D eigenvalue weighted by atomic mass is 16.6. The smallest absolute Gasteiger partial charge is 0.326 e. The molecule has 0 bridgehead atoms. The molecule has 0 aromatic heterocycles. The van der Waals surface area contributed by atoms with Gasteiger partial charge in [0.15, 0.2) is 12.4 Å². The number of amides is 1. The molecule has 7 unspecified atom stereocenters. The lowest BCUT2D eigenvalue weighted by molar-refractivity contribution is -0.159. The van der Waals surface area contributed by atoms with Gasteiger partial charge in [-0.05, 0) is 99.9 Å². The minimum Gasteiger partial charge on any atom is -0.480 e. The van der Waals surface area contributed by atoms with E-state index in [0.29, 0.717) is 30.6 Å². The van der Waals surface area contributed by atoms with Gasteiger partial charge in [0, 0.05) is 5.41 Å². The van der Waals surface area contributed by atoms with Crippen molar-refractivity contribution in [3.63, 3.8) is 0 Å². The highest BCUT2D eigenvalue weighted by Gasteiger charge is 2.65. The summed E-state index contributed by atoms with van der Waals surface area (Å²) in [5.74, 6) is -0.0502. The van der Waals surface area contributed by atoms with Crippen molar-refractivity contribution in [1.29, 1.82) is 0 Å². The van der Waals surface area contributed by atoms with Gasteiger partial charge in [-0.15, -0.1) is 0 Å². The van der Waals surface area contributed by atoms with Gasteiger partial charge >= 0.3 is 5.97 Å². The van der Waals surface area contributed by atoms with Crippen molar-refractivity contribution >= 4 is 23.4 Å². The van der Waals surface area contributed by atoms with Crippen LogP contribution in [0, 0.1) is 34.5 Å². The predicted molar refractivity (Wildman–Crippen MR) is 140 cm³/mol. The number of fused-ring (bicyclic) bond motifs is 5. The topological polar surface area (TPSA) is 125 Å². The highest BCUT2D eigenvalue weighted by Crippen LogP contribution is 2.67. The van der Waals surface area contributed by atoms with Crippen molar-refractivity contribution in [3.8, 4) is 0 Å². The molecule has 4 rings (SSSR count). The lowest BCUT2D eigenvalue weighted by Crippen LogP contribution is -2.57. The Labute approximate surface area is 220 Å². The van der Waals surface area contributed by atoms with Gasteiger partial charge in [0.25, 0.3) is 5.91 Å². The molecule has 8 nitrogen and oxygen atoms in total. The second kappa shape index (κ2) is 10.2. The third-order valence-corrected chi connectivity index (χ3v) is 10.4. The van der Waals surface area contributed by atoms with Crippen molar-refractivity contribution in [2.24, 2.45) is 39.7 Å². The number of aliphatic hydroxyl groups is 1. The number of carboxylic acids is 1. The largest absolute Gasteiger partial charge is 0.480 e. The number of carboxylic acid groups (broad SMARTS) is 1. The van der Waals surface area contributed by atoms with Crippen molar-refractivity contribution in [2.75, 3.05) is 6.61 Å². The van der Waals surface area contributed by atoms with Gasteiger partial charge < -0.3 is 20.4 Å². The zero-order valence-electron chi connectivity index (χ0n) is 23.0. The highest BCUT2D eigenvalue weighted by molar-refractivity contribution is 5.96. The number of hydrogen-bond acceptors (Lipinski definition) is 6. The Balaban J connectivity index is 1.40. The minimum absolute atomic E-state index is 0.0725. The van der Waals surface area contributed by atoms with E-state index in [0.717, 1.165) is 50.7 Å². The van der Waals surface area contributed by atoms with Crippen LogP contribution in [0.15, 0.2) is 16.8 Å². The summed E-state index contributed by atoms with van der Waals surface area (Å²) in [6.07, 6.45) is 9.66. The lowest BCUT2D eigenvalue weighted by atomic mass is 9.46. The molecule has 0 spiro atoms. The molecule has 0 aromatic rings. The number of nitrogens with one attached hydrogen (secondary N) is 1. The quantitative estimate of drug-likeness (QED) is 0.414. The van der Waals surface area contributed by atoms with Crippen LogP contribution < -0.4 is 5.32 Å². The minimum atomic E-state index is -1.19. The molecule has 3 fully saturated rings. The molecule has 3 saturated carbocycles. The van der Waals surface area contributed by atoms with E-state index in [1.807, 2.05) is 13.8 Å². The van der Waals surface area contributed by atoms with Crippen LogP contribution in [0.3, 0.4) is 0 Å². The monoisotopic (exact) mass is 516 g/mol. The van der Waals surface area contributed by atoms with Gasteiger partial charge in [-0.25, -0.2) is 4.79 Å². The van der Waals surface area contributed by atoms with Crippen molar-refractivity contribution in [1.82, 2.24) is 5.32 Å². The number of aliphatic carboxylic acids is 1. The number of rotatable bonds is 8. The van der Waals surface area contributed by atoms with Gasteiger partial charge in [0.1, 0.15) is 11.6 Å². The Kier molecular flexibility index (Phi) is 7.63. The lowest BCUT2D eigenvalue weighted by Gasteiger charge is -2.59. The third-order valence-electron chi connectivity index (χ3n) is 10.4. The molecular weight excluding hydrogens is 472 g/mol. The molecule has 206 valence electrons. The maximum Gasteiger partial charge on any atom is 0.326 e. The van der Waals surface area contributed by atoms with E-state index in [9.17, 15) is 24.6 Å². The van der Waals surface area contributed by atoms with Gasteiger partial charge in [-0.3, -0.25) is 9.59 Å². The molecule has 7 atom stereocenters. The summed E-state index contributed by atoms with van der Waals surface area (Å²) >= 11 is 0. The predicted octanol–water partition coefficient (Wildman–Crippen LogP) is 4.26. The van der Waals surface area contributed by atoms with Crippen LogP contribution in [-0.4, -0.2) is 51.8 Å². The van der Waals surface area contributed by atoms with Crippen LogP contribution in [0.4, 0.5) is 0 Å². The van der Waals surface area contributed by atoms with Crippen molar-refractivity contribution < 1.29 is 29.4 Å². The second-order valence-electron chi connectivity index (χ2n) is 12.9. The van der Waals surface area contributed by atoms with Crippen LogP contribution >= 0.6 is 0 Å². The fourth-order valence-corrected chi connectivity index (χ4v) is 8.34. The molecule has 3 N–H and O–H groups in total. The van der Waals surface area contributed by atoms with E-state index < -0.39 is 23.5 Å². The number of Topliss-reactive ketones (excluding diaryl/α,β-unsaturated/α-hetero) is 1. The Hall–Kier alpha value is -2.22. The first-order valence-corrected chi connectivity index (χ1v) is 14.0. The first kappa shape index (κ1) is 27.8. The van der Waals surface area contributed by atoms with E-state index in [4.69, 9.17) is 4.84 Å². The summed E-state index contributed by atoms with van der Waals surface area (Å²) in [7, 11) is 0. The Bertz CT molecular complexity index is 1000. The van der Waals surface area contributed by atoms with Crippen LogP contribution in [0.5, 0.6) is 0 Å². The van der Waals surface area contributed by atoms with Gasteiger partial charge in [0.05, 0.1) is 5.71 Å². The zero-order valence-corrected chi connectivity index (χ0v) is 23.0. The van der Waals surface area contributed by atoms with E-state index in [1.54, 1.807) is 6.92 Å². The zero-order chi connectivity index (χ0) is 27.2. The molecule has 1 amide bonds. The second-order valence-corrected chi connectivity index (χ2v) is 12.9. The van der Waals surface area contributed by atoms with Crippen molar-refractivity contribution in [2.45, 2.75) is 104 Å². The number of carbonyl (C=O) groups excluding carboxylic acids is 2. The maximum atomic E-state index is 12.4. The molecule has 0 aliphatic heterocycles. The number of carbonyl (C=O) groups is 3. The fourth-order valence-electron chi connectivity index (χ4n) is 8.34. The van der Waals surface area contributed by atoms with Crippen LogP contribution in [0.25, 0.3) is 0 Å². The molecule has 0 radical (unpaired) electrons. The number of ketones is 1. The summed E-state index contributed by atoms with van der Waals surface area (Å²) in [5.41, 5.74) is 0.765. The van der Waals surface area contributed by atoms with E-state index in [-0.39, 0.29) is 29.1 Å². The molecule has 0 aromatic carbocycles. The van der Waals surface area contributed by atoms with Crippen LogP contribution in [0.1, 0.15) is 92.4 Å². The summed E-state index contributed by atoms with van der Waals surface area (Å²) in [6, 6.07) is -0.930. The Morgan fingerprint density at radius 2 is 1.81 bits per heavy atom. The van der Waals surface area contributed by atoms with Gasteiger partial charge in [0.2, 0.25) is 0 Å². The number of hydrogen-bond donors (Lipinski definition) is 3. The third kappa shape index (κ3) is 4.86. The van der Waals surface area contributed by atoms with Crippen LogP contribution in [-0.2, 0) is 19.2 Å². The van der Waals surface area contributed by atoms with E-state index >= 15 is 0 Å². The van der Waals surface area contributed by atoms with Gasteiger partial charge in [-0.2, -0.15) is 0 Å². The number of nitrogens with zero attached hydrogens (tertiary/aromatic N) is 1. The molecule has 0 heterocycles. The SMILES string of the molecule is CC(=O)C1(O)CCC2C3CCC4=CC(=NOCC(=O)NC(CC(C)C)C(=O)O)CCC4(C)C3CCC21C. The van der Waals surface area contributed by atoms with Crippen molar-refractivity contribution in [3.05, 3.63) is 11.6 Å². The molecular formula is C29H44N2O6. The fraction of sp³-hybridized carbons (Fsp3) is 0.793. The van der Waals surface area contributed by atoms with E-state index in [1.165, 1.54) is 5.57 Å². The summed E-state index contributed by atoms with van der Waals surface area (Å²) < 4.78 is 0. The van der Waals surface area contributed by atoms with Gasteiger partial charge in [-0.1, -0.05) is 38.4 Å². The van der Waals surface area contributed by atoms with Crippen LogP contribution in [0.2, 0.25) is 0 Å².